The highest BCUT2D eigenvalue weighted by molar-refractivity contribution is 5.93. The minimum atomic E-state index is -0.167. The van der Waals surface area contributed by atoms with E-state index in [0.29, 0.717) is 25.0 Å². The average Bonchev–Trinajstić information content (AvgIpc) is 3.23. The van der Waals surface area contributed by atoms with E-state index in [1.165, 1.54) is 16.6 Å². The number of nitrogens with zero attached hydrogens (tertiary/aromatic N) is 2. The second kappa shape index (κ2) is 11.1. The number of hydrogen-bond donors (Lipinski definition) is 1. The van der Waals surface area contributed by atoms with Gasteiger partial charge in [0.15, 0.2) is 0 Å². The maximum Gasteiger partial charge on any atom is 0.306 e. The van der Waals surface area contributed by atoms with E-state index in [2.05, 4.69) is 51.6 Å². The molecule has 1 aliphatic rings. The van der Waals surface area contributed by atoms with Gasteiger partial charge in [-0.25, -0.2) is 0 Å². The van der Waals surface area contributed by atoms with Gasteiger partial charge in [0, 0.05) is 61.0 Å². The van der Waals surface area contributed by atoms with Crippen molar-refractivity contribution < 1.29 is 14.3 Å². The van der Waals surface area contributed by atoms with Crippen molar-refractivity contribution in [3.05, 3.63) is 66.5 Å². The number of nitrogens with one attached hydrogen (secondary N) is 1. The van der Waals surface area contributed by atoms with E-state index in [0.717, 1.165) is 37.2 Å². The van der Waals surface area contributed by atoms with Crippen LogP contribution in [-0.4, -0.2) is 48.2 Å². The van der Waals surface area contributed by atoms with Crippen LogP contribution >= 0.6 is 0 Å². The summed E-state index contributed by atoms with van der Waals surface area (Å²) in [7, 11) is 0. The normalized spacial score (nSPS) is 16.3. The van der Waals surface area contributed by atoms with Gasteiger partial charge in [-0.15, -0.1) is 0 Å². The van der Waals surface area contributed by atoms with Crippen molar-refractivity contribution in [3.63, 3.8) is 0 Å². The average molecular weight is 448 g/mol. The van der Waals surface area contributed by atoms with E-state index in [-0.39, 0.29) is 12.6 Å². The molecular formula is C27H33N3O3. The molecule has 0 spiro atoms. The SMILES string of the molecule is CC(C)CC(=O)OCCOc1cccc(CN2CC[C@H](Nc3cccc4cnccc34)C2)c1. The van der Waals surface area contributed by atoms with Gasteiger partial charge >= 0.3 is 5.97 Å². The Balaban J connectivity index is 1.25. The van der Waals surface area contributed by atoms with Crippen LogP contribution in [0.2, 0.25) is 0 Å². The third-order valence-electron chi connectivity index (χ3n) is 5.81. The number of fused-ring (bicyclic) bond motifs is 1. The molecule has 3 aromatic rings. The lowest BCUT2D eigenvalue weighted by atomic mass is 10.1. The molecule has 0 radical (unpaired) electrons. The fourth-order valence-electron chi connectivity index (χ4n) is 4.26. The summed E-state index contributed by atoms with van der Waals surface area (Å²) in [5, 5.41) is 6.10. The number of carbonyl (C=O) groups is 1. The molecule has 33 heavy (non-hydrogen) atoms. The van der Waals surface area contributed by atoms with Crippen molar-refractivity contribution in [1.82, 2.24) is 9.88 Å². The molecule has 2 heterocycles. The predicted molar refractivity (Wildman–Crippen MR) is 131 cm³/mol. The van der Waals surface area contributed by atoms with Crippen molar-refractivity contribution >= 4 is 22.4 Å². The Labute approximate surface area is 195 Å². The van der Waals surface area contributed by atoms with Crippen molar-refractivity contribution in [2.75, 3.05) is 31.6 Å². The minimum absolute atomic E-state index is 0.167. The molecule has 0 saturated carbocycles. The fraction of sp³-hybridized carbons (Fsp3) is 0.407. The van der Waals surface area contributed by atoms with Gasteiger partial charge in [-0.2, -0.15) is 0 Å². The number of ether oxygens (including phenoxy) is 2. The molecule has 1 N–H and O–H groups in total. The van der Waals surface area contributed by atoms with Crippen LogP contribution in [0.15, 0.2) is 60.9 Å². The summed E-state index contributed by atoms with van der Waals surface area (Å²) in [6.07, 6.45) is 5.31. The molecule has 1 aromatic heterocycles. The van der Waals surface area contributed by atoms with E-state index >= 15 is 0 Å². The van der Waals surface area contributed by atoms with Gasteiger partial charge in [0.2, 0.25) is 0 Å². The summed E-state index contributed by atoms with van der Waals surface area (Å²) in [6, 6.07) is 17.0. The lowest BCUT2D eigenvalue weighted by molar-refractivity contribution is -0.145. The van der Waals surface area contributed by atoms with Gasteiger partial charge < -0.3 is 14.8 Å². The highest BCUT2D eigenvalue weighted by Crippen LogP contribution is 2.25. The summed E-state index contributed by atoms with van der Waals surface area (Å²) < 4.78 is 11.0. The van der Waals surface area contributed by atoms with Gasteiger partial charge in [-0.05, 0) is 42.2 Å². The van der Waals surface area contributed by atoms with E-state index < -0.39 is 0 Å². The smallest absolute Gasteiger partial charge is 0.306 e. The molecular weight excluding hydrogens is 414 g/mol. The zero-order valence-electron chi connectivity index (χ0n) is 19.5. The van der Waals surface area contributed by atoms with Crippen LogP contribution in [0.3, 0.4) is 0 Å². The zero-order chi connectivity index (χ0) is 23.0. The number of anilines is 1. The fourth-order valence-corrected chi connectivity index (χ4v) is 4.26. The second-order valence-corrected chi connectivity index (χ2v) is 9.08. The minimum Gasteiger partial charge on any atom is -0.490 e. The largest absolute Gasteiger partial charge is 0.490 e. The van der Waals surface area contributed by atoms with E-state index in [1.807, 2.05) is 38.4 Å². The van der Waals surface area contributed by atoms with Gasteiger partial charge in [-0.1, -0.05) is 38.1 Å². The number of benzene rings is 2. The monoisotopic (exact) mass is 447 g/mol. The lowest BCUT2D eigenvalue weighted by Crippen LogP contribution is -2.26. The third-order valence-corrected chi connectivity index (χ3v) is 5.81. The second-order valence-electron chi connectivity index (χ2n) is 9.08. The van der Waals surface area contributed by atoms with Crippen molar-refractivity contribution in [2.45, 2.75) is 39.3 Å². The van der Waals surface area contributed by atoms with Crippen LogP contribution in [0.4, 0.5) is 5.69 Å². The summed E-state index contributed by atoms with van der Waals surface area (Å²) in [6.45, 7) is 7.59. The first-order valence-corrected chi connectivity index (χ1v) is 11.8. The van der Waals surface area contributed by atoms with Gasteiger partial charge in [0.05, 0.1) is 0 Å². The Morgan fingerprint density at radius 1 is 1.18 bits per heavy atom. The summed E-state index contributed by atoms with van der Waals surface area (Å²) in [4.78, 5) is 18.3. The predicted octanol–water partition coefficient (Wildman–Crippen LogP) is 4.89. The number of esters is 1. The number of carbonyl (C=O) groups excluding carboxylic acids is 1. The Hall–Kier alpha value is -3.12. The molecule has 2 aromatic carbocycles. The first-order chi connectivity index (χ1) is 16.1. The van der Waals surface area contributed by atoms with E-state index in [1.54, 1.807) is 0 Å². The van der Waals surface area contributed by atoms with Crippen molar-refractivity contribution in [1.29, 1.82) is 0 Å². The van der Waals surface area contributed by atoms with Crippen molar-refractivity contribution in [2.24, 2.45) is 5.92 Å². The molecule has 1 aliphatic heterocycles. The topological polar surface area (TPSA) is 63.7 Å². The summed E-state index contributed by atoms with van der Waals surface area (Å²) in [5.41, 5.74) is 2.40. The summed E-state index contributed by atoms with van der Waals surface area (Å²) >= 11 is 0. The molecule has 0 amide bonds. The van der Waals surface area contributed by atoms with Gasteiger partial charge in [-0.3, -0.25) is 14.7 Å². The Morgan fingerprint density at radius 3 is 2.94 bits per heavy atom. The Kier molecular flexibility index (Phi) is 7.79. The lowest BCUT2D eigenvalue weighted by Gasteiger charge is -2.19. The maximum atomic E-state index is 11.6. The first kappa shape index (κ1) is 23.1. The molecule has 0 bridgehead atoms. The molecule has 1 saturated heterocycles. The molecule has 1 fully saturated rings. The van der Waals surface area contributed by atoms with Crippen LogP contribution < -0.4 is 10.1 Å². The molecule has 6 nitrogen and oxygen atoms in total. The number of pyridine rings is 1. The standard InChI is InChI=1S/C27H33N3O3/c1-20(2)15-27(31)33-14-13-32-24-7-3-5-21(16-24)18-30-12-10-23(19-30)29-26-8-4-6-22-17-28-11-9-25(22)26/h3-9,11,16-17,20,23,29H,10,12-15,18-19H2,1-2H3/t23-/m0/s1. The number of likely N-dealkylation sites (tertiary alicyclic amines) is 1. The number of aromatic nitrogens is 1. The van der Waals surface area contributed by atoms with Crippen LogP contribution in [-0.2, 0) is 16.1 Å². The molecule has 0 aliphatic carbocycles. The Morgan fingerprint density at radius 2 is 2.06 bits per heavy atom. The van der Waals surface area contributed by atoms with Crippen LogP contribution in [0.5, 0.6) is 5.75 Å². The van der Waals surface area contributed by atoms with Crippen LogP contribution in [0.25, 0.3) is 10.8 Å². The van der Waals surface area contributed by atoms with E-state index in [4.69, 9.17) is 9.47 Å². The van der Waals surface area contributed by atoms with E-state index in [9.17, 15) is 4.79 Å². The highest BCUT2D eigenvalue weighted by atomic mass is 16.6. The number of hydrogen-bond acceptors (Lipinski definition) is 6. The molecule has 174 valence electrons. The van der Waals surface area contributed by atoms with Crippen LogP contribution in [0, 0.1) is 5.92 Å². The molecule has 0 unspecified atom stereocenters. The molecule has 1 atom stereocenters. The van der Waals surface area contributed by atoms with Gasteiger partial charge in [0.25, 0.3) is 0 Å². The first-order valence-electron chi connectivity index (χ1n) is 11.8. The Bertz CT molecular complexity index is 1060. The van der Waals surface area contributed by atoms with Gasteiger partial charge in [0.1, 0.15) is 19.0 Å². The molecule has 4 rings (SSSR count). The quantitative estimate of drug-likeness (QED) is 0.353. The third kappa shape index (κ3) is 6.68. The number of rotatable bonds is 10. The van der Waals surface area contributed by atoms with Crippen molar-refractivity contribution in [3.8, 4) is 5.75 Å². The maximum absolute atomic E-state index is 11.6. The molecule has 6 heteroatoms. The van der Waals surface area contributed by atoms with Crippen LogP contribution in [0.1, 0.15) is 32.3 Å². The highest BCUT2D eigenvalue weighted by Gasteiger charge is 2.23. The summed E-state index contributed by atoms with van der Waals surface area (Å²) in [5.74, 6) is 0.949. The zero-order valence-corrected chi connectivity index (χ0v) is 19.5.